The Morgan fingerprint density at radius 1 is 1.41 bits per heavy atom. The molecule has 0 spiro atoms. The van der Waals surface area contributed by atoms with Gasteiger partial charge in [-0.2, -0.15) is 17.0 Å². The average molecular weight is 264 g/mol. The molecule has 0 aromatic carbocycles. The third-order valence-electron chi connectivity index (χ3n) is 2.59. The molecule has 0 aromatic heterocycles. The molecule has 7 nitrogen and oxygen atoms in total. The summed E-state index contributed by atoms with van der Waals surface area (Å²) in [6, 6.07) is -0.289. The van der Waals surface area contributed by atoms with E-state index in [0.717, 1.165) is 4.31 Å². The van der Waals surface area contributed by atoms with Crippen molar-refractivity contribution in [2.75, 3.05) is 32.7 Å². The van der Waals surface area contributed by atoms with E-state index >= 15 is 0 Å². The van der Waals surface area contributed by atoms with Crippen LogP contribution in [0.4, 0.5) is 0 Å². The molecule has 0 unspecified atom stereocenters. The SMILES string of the molecule is CC(C)N(CC(N)=O)S(=O)(=O)N1CCNCC1. The number of hydrogen-bond acceptors (Lipinski definition) is 4. The third kappa shape index (κ3) is 3.63. The lowest BCUT2D eigenvalue weighted by atomic mass is 10.4. The minimum atomic E-state index is -3.59. The Kier molecular flexibility index (Phi) is 4.87. The van der Waals surface area contributed by atoms with Gasteiger partial charge < -0.3 is 11.1 Å². The molecule has 1 aliphatic heterocycles. The van der Waals surface area contributed by atoms with Crippen LogP contribution in [-0.2, 0) is 15.0 Å². The third-order valence-corrected chi connectivity index (χ3v) is 4.75. The van der Waals surface area contributed by atoms with E-state index in [2.05, 4.69) is 5.32 Å². The van der Waals surface area contributed by atoms with Crippen molar-refractivity contribution in [2.45, 2.75) is 19.9 Å². The topological polar surface area (TPSA) is 95.7 Å². The normalized spacial score (nSPS) is 18.8. The summed E-state index contributed by atoms with van der Waals surface area (Å²) in [6.45, 7) is 5.27. The molecule has 1 rings (SSSR count). The van der Waals surface area contributed by atoms with E-state index in [1.807, 2.05) is 0 Å². The molecule has 0 radical (unpaired) electrons. The fraction of sp³-hybridized carbons (Fsp3) is 0.889. The van der Waals surface area contributed by atoms with Crippen LogP contribution >= 0.6 is 0 Å². The summed E-state index contributed by atoms with van der Waals surface area (Å²) in [5.74, 6) is -0.641. The first-order valence-electron chi connectivity index (χ1n) is 5.61. The summed E-state index contributed by atoms with van der Waals surface area (Å²) in [7, 11) is -3.59. The number of piperazine rings is 1. The maximum atomic E-state index is 12.3. The van der Waals surface area contributed by atoms with E-state index in [9.17, 15) is 13.2 Å². The number of rotatable bonds is 5. The number of nitrogens with one attached hydrogen (secondary N) is 1. The number of carbonyl (C=O) groups is 1. The number of hydrogen-bond donors (Lipinski definition) is 2. The molecule has 100 valence electrons. The van der Waals surface area contributed by atoms with Gasteiger partial charge in [0.1, 0.15) is 0 Å². The Bertz CT molecular complexity index is 362. The molecule has 8 heteroatoms. The minimum Gasteiger partial charge on any atom is -0.369 e. The van der Waals surface area contributed by atoms with Crippen molar-refractivity contribution >= 4 is 16.1 Å². The smallest absolute Gasteiger partial charge is 0.282 e. The zero-order valence-corrected chi connectivity index (χ0v) is 11.0. The van der Waals surface area contributed by atoms with Gasteiger partial charge in [0, 0.05) is 32.2 Å². The van der Waals surface area contributed by atoms with Crippen LogP contribution in [0.25, 0.3) is 0 Å². The quantitative estimate of drug-likeness (QED) is 0.621. The van der Waals surface area contributed by atoms with Crippen LogP contribution in [0, 0.1) is 0 Å². The van der Waals surface area contributed by atoms with Gasteiger partial charge in [0.2, 0.25) is 5.91 Å². The molecule has 0 bridgehead atoms. The summed E-state index contributed by atoms with van der Waals surface area (Å²) in [5.41, 5.74) is 5.08. The van der Waals surface area contributed by atoms with Gasteiger partial charge in [0.05, 0.1) is 6.54 Å². The van der Waals surface area contributed by atoms with Crippen LogP contribution in [0.15, 0.2) is 0 Å². The van der Waals surface area contributed by atoms with Crippen molar-refractivity contribution in [3.05, 3.63) is 0 Å². The second-order valence-corrected chi connectivity index (χ2v) is 6.14. The van der Waals surface area contributed by atoms with Gasteiger partial charge in [0.15, 0.2) is 0 Å². The van der Waals surface area contributed by atoms with Crippen LogP contribution in [-0.4, -0.2) is 61.7 Å². The molecule has 1 heterocycles. The maximum Gasteiger partial charge on any atom is 0.282 e. The first-order chi connectivity index (χ1) is 7.85. The van der Waals surface area contributed by atoms with Gasteiger partial charge in [-0.25, -0.2) is 0 Å². The standard InChI is InChI=1S/C9H20N4O3S/c1-8(2)13(7-9(10)14)17(15,16)12-5-3-11-4-6-12/h8,11H,3-7H2,1-2H3,(H2,10,14). The summed E-state index contributed by atoms with van der Waals surface area (Å²) in [4.78, 5) is 10.9. The minimum absolute atomic E-state index is 0.274. The van der Waals surface area contributed by atoms with E-state index in [1.54, 1.807) is 13.8 Å². The Morgan fingerprint density at radius 3 is 2.35 bits per heavy atom. The Hall–Kier alpha value is -0.700. The first-order valence-corrected chi connectivity index (χ1v) is 7.01. The molecule has 0 saturated carbocycles. The lowest BCUT2D eigenvalue weighted by Crippen LogP contribution is -2.54. The zero-order chi connectivity index (χ0) is 13.1. The van der Waals surface area contributed by atoms with Gasteiger partial charge in [-0.3, -0.25) is 4.79 Å². The van der Waals surface area contributed by atoms with Crippen molar-refractivity contribution in [3.63, 3.8) is 0 Å². The Labute approximate surface area is 102 Å². The number of primary amides is 1. The van der Waals surface area contributed by atoms with Crippen LogP contribution in [0.3, 0.4) is 0 Å². The van der Waals surface area contributed by atoms with E-state index < -0.39 is 16.1 Å². The van der Waals surface area contributed by atoms with Gasteiger partial charge in [-0.15, -0.1) is 0 Å². The van der Waals surface area contributed by atoms with Crippen molar-refractivity contribution in [3.8, 4) is 0 Å². The van der Waals surface area contributed by atoms with Crippen LogP contribution < -0.4 is 11.1 Å². The zero-order valence-electron chi connectivity index (χ0n) is 10.2. The maximum absolute atomic E-state index is 12.3. The highest BCUT2D eigenvalue weighted by Gasteiger charge is 2.33. The van der Waals surface area contributed by atoms with Gasteiger partial charge >= 0.3 is 0 Å². The highest BCUT2D eigenvalue weighted by Crippen LogP contribution is 2.12. The summed E-state index contributed by atoms with van der Waals surface area (Å²) in [5, 5.41) is 3.08. The molecule has 1 saturated heterocycles. The number of nitrogens with two attached hydrogens (primary N) is 1. The largest absolute Gasteiger partial charge is 0.369 e. The highest BCUT2D eigenvalue weighted by atomic mass is 32.2. The Balaban J connectivity index is 2.86. The predicted octanol–water partition coefficient (Wildman–Crippen LogP) is -1.67. The molecule has 1 fully saturated rings. The van der Waals surface area contributed by atoms with Gasteiger partial charge in [-0.05, 0) is 13.8 Å². The summed E-state index contributed by atoms with van der Waals surface area (Å²) >= 11 is 0. The first kappa shape index (κ1) is 14.4. The number of nitrogens with zero attached hydrogens (tertiary/aromatic N) is 2. The molecule has 0 aromatic rings. The lowest BCUT2D eigenvalue weighted by Gasteiger charge is -2.33. The number of amides is 1. The highest BCUT2D eigenvalue weighted by molar-refractivity contribution is 7.86. The molecular weight excluding hydrogens is 244 g/mol. The average Bonchev–Trinajstić information content (AvgIpc) is 2.26. The fourth-order valence-electron chi connectivity index (χ4n) is 1.71. The molecule has 0 aliphatic carbocycles. The second-order valence-electron chi connectivity index (χ2n) is 4.26. The van der Waals surface area contributed by atoms with Crippen LogP contribution in [0.1, 0.15) is 13.8 Å². The van der Waals surface area contributed by atoms with Gasteiger partial charge in [0.25, 0.3) is 10.2 Å². The van der Waals surface area contributed by atoms with Crippen LogP contribution in [0.5, 0.6) is 0 Å². The van der Waals surface area contributed by atoms with E-state index in [-0.39, 0.29) is 12.6 Å². The summed E-state index contributed by atoms with van der Waals surface area (Å²) < 4.78 is 27.1. The summed E-state index contributed by atoms with van der Waals surface area (Å²) in [6.07, 6.45) is 0. The van der Waals surface area contributed by atoms with E-state index in [1.165, 1.54) is 4.31 Å². The van der Waals surface area contributed by atoms with Gasteiger partial charge in [-0.1, -0.05) is 0 Å². The monoisotopic (exact) mass is 264 g/mol. The van der Waals surface area contributed by atoms with E-state index in [4.69, 9.17) is 5.73 Å². The molecule has 1 aliphatic rings. The lowest BCUT2D eigenvalue weighted by molar-refractivity contribution is -0.118. The Morgan fingerprint density at radius 2 is 1.94 bits per heavy atom. The molecule has 3 N–H and O–H groups in total. The molecule has 17 heavy (non-hydrogen) atoms. The van der Waals surface area contributed by atoms with E-state index in [0.29, 0.717) is 26.2 Å². The molecular formula is C9H20N4O3S. The van der Waals surface area contributed by atoms with Crippen LogP contribution in [0.2, 0.25) is 0 Å². The fourth-order valence-corrected chi connectivity index (χ4v) is 3.47. The predicted molar refractivity (Wildman–Crippen MR) is 64.4 cm³/mol. The van der Waals surface area contributed by atoms with Crippen molar-refractivity contribution < 1.29 is 13.2 Å². The molecule has 0 atom stereocenters. The number of carbonyl (C=O) groups excluding carboxylic acids is 1. The molecule has 1 amide bonds. The van der Waals surface area contributed by atoms with Crippen molar-refractivity contribution in [1.29, 1.82) is 0 Å². The van der Waals surface area contributed by atoms with Crippen molar-refractivity contribution in [2.24, 2.45) is 5.73 Å². The van der Waals surface area contributed by atoms with Crippen molar-refractivity contribution in [1.82, 2.24) is 13.9 Å². The second kappa shape index (κ2) is 5.76.